The topological polar surface area (TPSA) is 73.9 Å². The van der Waals surface area contributed by atoms with Gasteiger partial charge in [0.25, 0.3) is 11.7 Å². The molecular weight excluding hydrogens is 310 g/mol. The van der Waals surface area contributed by atoms with Crippen molar-refractivity contribution < 1.29 is 23.8 Å². The van der Waals surface area contributed by atoms with E-state index in [4.69, 9.17) is 14.2 Å². The van der Waals surface area contributed by atoms with Crippen molar-refractivity contribution in [1.29, 1.82) is 0 Å². The number of amides is 1. The molecule has 1 aromatic carbocycles. The van der Waals surface area contributed by atoms with Crippen molar-refractivity contribution >= 4 is 17.6 Å². The predicted molar refractivity (Wildman–Crippen MR) is 87.9 cm³/mol. The Kier molecular flexibility index (Phi) is 4.74. The van der Waals surface area contributed by atoms with E-state index >= 15 is 0 Å². The zero-order chi connectivity index (χ0) is 17.0. The number of rotatable bonds is 4. The number of fused-ring (bicyclic) bond motifs is 1. The first-order valence-corrected chi connectivity index (χ1v) is 8.22. The molecule has 0 bridgehead atoms. The maximum atomic E-state index is 11.8. The van der Waals surface area contributed by atoms with Crippen molar-refractivity contribution in [3.05, 3.63) is 30.4 Å². The Labute approximate surface area is 140 Å². The Balaban J connectivity index is 1.58. The van der Waals surface area contributed by atoms with E-state index in [0.717, 1.165) is 25.7 Å². The Bertz CT molecular complexity index is 661. The van der Waals surface area contributed by atoms with Gasteiger partial charge in [0.15, 0.2) is 18.1 Å². The highest BCUT2D eigenvalue weighted by atomic mass is 16.7. The zero-order valence-corrected chi connectivity index (χ0v) is 13.7. The summed E-state index contributed by atoms with van der Waals surface area (Å²) in [4.78, 5) is 23.0. The van der Waals surface area contributed by atoms with E-state index in [1.54, 1.807) is 31.2 Å². The summed E-state index contributed by atoms with van der Waals surface area (Å²) in [7, 11) is 0. The molecule has 1 amide bonds. The van der Waals surface area contributed by atoms with Gasteiger partial charge in [0.1, 0.15) is 0 Å². The predicted octanol–water partition coefficient (Wildman–Crippen LogP) is 3.18. The normalized spacial score (nSPS) is 17.9. The van der Waals surface area contributed by atoms with Crippen LogP contribution in [0.2, 0.25) is 0 Å². The van der Waals surface area contributed by atoms with Crippen LogP contribution in [0.1, 0.15) is 39.0 Å². The number of carbonyl (C=O) groups excluding carboxylic acids is 2. The van der Waals surface area contributed by atoms with E-state index in [0.29, 0.717) is 17.2 Å². The second-order valence-corrected chi connectivity index (χ2v) is 5.99. The molecule has 6 nitrogen and oxygen atoms in total. The number of nitrogens with one attached hydrogen (secondary N) is 1. The van der Waals surface area contributed by atoms with Gasteiger partial charge in [-0.15, -0.1) is 0 Å². The molecule has 3 rings (SSSR count). The molecule has 0 unspecified atom stereocenters. The lowest BCUT2D eigenvalue weighted by molar-refractivity contribution is -0.142. The molecule has 0 radical (unpaired) electrons. The maximum Gasteiger partial charge on any atom is 0.330 e. The molecule has 0 saturated heterocycles. The summed E-state index contributed by atoms with van der Waals surface area (Å²) in [6.07, 6.45) is 7.97. The van der Waals surface area contributed by atoms with Crippen LogP contribution in [-0.2, 0) is 14.3 Å². The summed E-state index contributed by atoms with van der Waals surface area (Å²) in [6.45, 7) is 1.37. The fraction of sp³-hybridized carbons (Fsp3) is 0.444. The third-order valence-electron chi connectivity index (χ3n) is 4.08. The summed E-state index contributed by atoms with van der Waals surface area (Å²) in [5.74, 6) is -0.141. The van der Waals surface area contributed by atoms with Crippen LogP contribution < -0.4 is 14.8 Å². The number of esters is 1. The fourth-order valence-electron chi connectivity index (χ4n) is 2.98. The van der Waals surface area contributed by atoms with Crippen LogP contribution in [0.4, 0.5) is 5.69 Å². The molecule has 0 atom stereocenters. The SMILES string of the molecule is C/C=C/C(=O)OCC(=O)Nc1ccc2c(c1)OC1(CCCCC1)O2. The molecule has 1 fully saturated rings. The Hall–Kier alpha value is -2.50. The fourth-order valence-corrected chi connectivity index (χ4v) is 2.98. The van der Waals surface area contributed by atoms with E-state index in [9.17, 15) is 9.59 Å². The molecule has 128 valence electrons. The third-order valence-corrected chi connectivity index (χ3v) is 4.08. The maximum absolute atomic E-state index is 11.8. The lowest BCUT2D eigenvalue weighted by Gasteiger charge is -2.31. The third kappa shape index (κ3) is 3.69. The number of allylic oxidation sites excluding steroid dienone is 1. The van der Waals surface area contributed by atoms with E-state index in [1.165, 1.54) is 12.5 Å². The molecule has 24 heavy (non-hydrogen) atoms. The molecule has 2 aliphatic rings. The Morgan fingerprint density at radius 3 is 2.71 bits per heavy atom. The summed E-state index contributed by atoms with van der Waals surface area (Å²) in [5.41, 5.74) is 0.581. The highest BCUT2D eigenvalue weighted by molar-refractivity contribution is 5.94. The minimum absolute atomic E-state index is 0.332. The van der Waals surface area contributed by atoms with Crippen molar-refractivity contribution in [3.8, 4) is 11.5 Å². The van der Waals surface area contributed by atoms with E-state index < -0.39 is 17.7 Å². The Morgan fingerprint density at radius 1 is 1.21 bits per heavy atom. The quantitative estimate of drug-likeness (QED) is 0.677. The number of hydrogen-bond donors (Lipinski definition) is 1. The first-order chi connectivity index (χ1) is 11.6. The van der Waals surface area contributed by atoms with Gasteiger partial charge < -0.3 is 19.5 Å². The average Bonchev–Trinajstić information content (AvgIpc) is 2.90. The van der Waals surface area contributed by atoms with E-state index in [2.05, 4.69) is 5.32 Å². The summed E-state index contributed by atoms with van der Waals surface area (Å²) in [5, 5.41) is 2.68. The van der Waals surface area contributed by atoms with Gasteiger partial charge in [-0.2, -0.15) is 0 Å². The molecule has 1 aliphatic heterocycles. The summed E-state index contributed by atoms with van der Waals surface area (Å²) < 4.78 is 16.8. The first-order valence-electron chi connectivity index (χ1n) is 8.22. The summed E-state index contributed by atoms with van der Waals surface area (Å²) in [6, 6.07) is 5.28. The molecule has 1 aliphatic carbocycles. The number of ether oxygens (including phenoxy) is 3. The van der Waals surface area contributed by atoms with Gasteiger partial charge in [0, 0.05) is 30.7 Å². The van der Waals surface area contributed by atoms with Gasteiger partial charge in [0.05, 0.1) is 0 Å². The number of carbonyl (C=O) groups is 2. The molecule has 1 aromatic rings. The lowest BCUT2D eigenvalue weighted by Crippen LogP contribution is -2.40. The molecule has 1 saturated carbocycles. The molecule has 1 N–H and O–H groups in total. The lowest BCUT2D eigenvalue weighted by atomic mass is 9.94. The van der Waals surface area contributed by atoms with Gasteiger partial charge in [0.2, 0.25) is 0 Å². The van der Waals surface area contributed by atoms with Crippen LogP contribution in [0.25, 0.3) is 0 Å². The second kappa shape index (κ2) is 6.95. The van der Waals surface area contributed by atoms with Gasteiger partial charge in [-0.25, -0.2) is 4.79 Å². The van der Waals surface area contributed by atoms with E-state index in [1.807, 2.05) is 0 Å². The van der Waals surface area contributed by atoms with Gasteiger partial charge in [-0.3, -0.25) is 4.79 Å². The highest BCUT2D eigenvalue weighted by Crippen LogP contribution is 2.46. The van der Waals surface area contributed by atoms with Crippen molar-refractivity contribution in [3.63, 3.8) is 0 Å². The molecule has 0 aromatic heterocycles. The van der Waals surface area contributed by atoms with Gasteiger partial charge >= 0.3 is 5.97 Å². The minimum atomic E-state index is -0.544. The minimum Gasteiger partial charge on any atom is -0.452 e. The average molecular weight is 331 g/mol. The van der Waals surface area contributed by atoms with Crippen molar-refractivity contribution in [2.45, 2.75) is 44.8 Å². The van der Waals surface area contributed by atoms with E-state index in [-0.39, 0.29) is 6.61 Å². The monoisotopic (exact) mass is 331 g/mol. The Morgan fingerprint density at radius 2 is 1.96 bits per heavy atom. The van der Waals surface area contributed by atoms with Gasteiger partial charge in [-0.1, -0.05) is 12.5 Å². The zero-order valence-electron chi connectivity index (χ0n) is 13.7. The molecular formula is C18H21NO5. The molecule has 1 spiro atoms. The summed E-state index contributed by atoms with van der Waals surface area (Å²) >= 11 is 0. The number of hydrogen-bond acceptors (Lipinski definition) is 5. The second-order valence-electron chi connectivity index (χ2n) is 5.99. The highest BCUT2D eigenvalue weighted by Gasteiger charge is 2.42. The van der Waals surface area contributed by atoms with Crippen LogP contribution in [-0.4, -0.2) is 24.3 Å². The molecule has 1 heterocycles. The smallest absolute Gasteiger partial charge is 0.330 e. The van der Waals surface area contributed by atoms with Crippen molar-refractivity contribution in [2.24, 2.45) is 0 Å². The first kappa shape index (κ1) is 16.4. The van der Waals surface area contributed by atoms with Crippen molar-refractivity contribution in [2.75, 3.05) is 11.9 Å². The number of anilines is 1. The van der Waals surface area contributed by atoms with Gasteiger partial charge in [-0.05, 0) is 31.9 Å². The van der Waals surface area contributed by atoms with Crippen molar-refractivity contribution in [1.82, 2.24) is 0 Å². The number of benzene rings is 1. The van der Waals surface area contributed by atoms with Crippen LogP contribution in [0.3, 0.4) is 0 Å². The molecule has 6 heteroatoms. The van der Waals surface area contributed by atoms with Crippen LogP contribution in [0, 0.1) is 0 Å². The largest absolute Gasteiger partial charge is 0.452 e. The standard InChI is InChI=1S/C18H21NO5/c1-2-6-17(21)22-12-16(20)19-13-7-8-14-15(11-13)24-18(23-14)9-4-3-5-10-18/h2,6-8,11H,3-5,9-10,12H2,1H3,(H,19,20)/b6-2+. The van der Waals surface area contributed by atoms with Crippen LogP contribution >= 0.6 is 0 Å². The van der Waals surface area contributed by atoms with Crippen LogP contribution in [0.5, 0.6) is 11.5 Å². The van der Waals surface area contributed by atoms with Crippen LogP contribution in [0.15, 0.2) is 30.4 Å².